The van der Waals surface area contributed by atoms with Crippen LogP contribution in [0.4, 0.5) is 11.4 Å². The third-order valence-corrected chi connectivity index (χ3v) is 6.30. The number of nitrogens with one attached hydrogen (secondary N) is 1. The Morgan fingerprint density at radius 2 is 1.63 bits per heavy atom. The molecule has 6 nitrogen and oxygen atoms in total. The minimum Gasteiger partial charge on any atom is -0.323 e. The van der Waals surface area contributed by atoms with Gasteiger partial charge in [0, 0.05) is 29.9 Å². The van der Waals surface area contributed by atoms with Crippen LogP contribution in [-0.2, 0) is 4.79 Å². The molecular weight excluding hydrogens is 553 g/mol. The Kier molecular flexibility index (Phi) is 9.56. The van der Waals surface area contributed by atoms with Crippen LogP contribution >= 0.6 is 24.0 Å². The van der Waals surface area contributed by atoms with E-state index in [9.17, 15) is 14.9 Å². The zero-order valence-electron chi connectivity index (χ0n) is 19.7. The summed E-state index contributed by atoms with van der Waals surface area (Å²) in [6, 6.07) is 22.5. The Morgan fingerprint density at radius 3 is 2.31 bits per heavy atom. The van der Waals surface area contributed by atoms with Crippen LogP contribution in [0.25, 0.3) is 17.2 Å². The number of hydrogen-bond acceptors (Lipinski definition) is 4. The molecule has 1 heterocycles. The second kappa shape index (κ2) is 12.6. The fourth-order valence-corrected chi connectivity index (χ4v) is 4.34. The minimum absolute atomic E-state index is 0. The maximum atomic E-state index is 12.4. The van der Waals surface area contributed by atoms with Gasteiger partial charge in [-0.1, -0.05) is 48.9 Å². The first kappa shape index (κ1) is 26.6. The van der Waals surface area contributed by atoms with Gasteiger partial charge in [0.25, 0.3) is 5.69 Å². The first-order chi connectivity index (χ1) is 16.5. The van der Waals surface area contributed by atoms with Gasteiger partial charge in [-0.25, -0.2) is 0 Å². The first-order valence-corrected chi connectivity index (χ1v) is 11.7. The van der Waals surface area contributed by atoms with E-state index in [1.165, 1.54) is 37.0 Å². The summed E-state index contributed by atoms with van der Waals surface area (Å²) in [6.45, 7) is 4.53. The van der Waals surface area contributed by atoms with Gasteiger partial charge in [-0.15, -0.1) is 24.0 Å². The lowest BCUT2D eigenvalue weighted by Gasteiger charge is -2.32. The smallest absolute Gasteiger partial charge is 0.270 e. The number of carbonyl (C=O) groups is 1. The summed E-state index contributed by atoms with van der Waals surface area (Å²) in [5.41, 5.74) is 4.51. The topological polar surface area (TPSA) is 75.5 Å². The Labute approximate surface area is 223 Å². The van der Waals surface area contributed by atoms with Crippen molar-refractivity contribution in [3.8, 4) is 11.1 Å². The van der Waals surface area contributed by atoms with Crippen molar-refractivity contribution in [1.82, 2.24) is 4.90 Å². The van der Waals surface area contributed by atoms with Crippen molar-refractivity contribution in [2.75, 3.05) is 18.4 Å². The van der Waals surface area contributed by atoms with Crippen LogP contribution in [0.3, 0.4) is 0 Å². The number of non-ortho nitro benzene ring substituents is 1. The molecule has 4 rings (SSSR count). The van der Waals surface area contributed by atoms with E-state index in [0.29, 0.717) is 6.04 Å². The van der Waals surface area contributed by atoms with Gasteiger partial charge < -0.3 is 5.32 Å². The molecule has 3 aromatic carbocycles. The summed E-state index contributed by atoms with van der Waals surface area (Å²) in [7, 11) is 0. The molecular formula is C28H30IN3O3. The number of piperidine rings is 1. The SMILES string of the molecule is CC(c1ccc(NC(=O)/C=C/c2cccc(-c3cccc([N+](=O)[O-])c3)c2)cc1)N1CCCCC1.I. The molecule has 3 aromatic rings. The average Bonchev–Trinajstić information content (AvgIpc) is 2.88. The molecule has 0 aliphatic carbocycles. The number of halogens is 1. The molecule has 0 bridgehead atoms. The van der Waals surface area contributed by atoms with Crippen LogP contribution in [-0.4, -0.2) is 28.8 Å². The molecule has 35 heavy (non-hydrogen) atoms. The number of anilines is 1. The highest BCUT2D eigenvalue weighted by atomic mass is 127. The van der Waals surface area contributed by atoms with Crippen LogP contribution in [0.5, 0.6) is 0 Å². The van der Waals surface area contributed by atoms with E-state index in [1.54, 1.807) is 18.2 Å². The third kappa shape index (κ3) is 7.22. The van der Waals surface area contributed by atoms with Crippen molar-refractivity contribution in [3.63, 3.8) is 0 Å². The molecule has 0 aromatic heterocycles. The number of nitro groups is 1. The summed E-state index contributed by atoms with van der Waals surface area (Å²) in [6.07, 6.45) is 7.08. The van der Waals surface area contributed by atoms with Crippen molar-refractivity contribution in [3.05, 3.63) is 100 Å². The van der Waals surface area contributed by atoms with Gasteiger partial charge in [0.2, 0.25) is 5.91 Å². The van der Waals surface area contributed by atoms with E-state index in [-0.39, 0.29) is 35.6 Å². The quantitative estimate of drug-likeness (QED) is 0.140. The molecule has 1 N–H and O–H groups in total. The van der Waals surface area contributed by atoms with Crippen molar-refractivity contribution in [1.29, 1.82) is 0 Å². The van der Waals surface area contributed by atoms with Gasteiger partial charge >= 0.3 is 0 Å². The Balaban J connectivity index is 0.00000342. The van der Waals surface area contributed by atoms with Crippen LogP contribution in [0.15, 0.2) is 78.9 Å². The minimum atomic E-state index is -0.404. The van der Waals surface area contributed by atoms with E-state index < -0.39 is 4.92 Å². The van der Waals surface area contributed by atoms with Gasteiger partial charge in [-0.05, 0) is 79.4 Å². The molecule has 0 spiro atoms. The first-order valence-electron chi connectivity index (χ1n) is 11.7. The molecule has 1 unspecified atom stereocenters. The molecule has 1 amide bonds. The van der Waals surface area contributed by atoms with Crippen molar-refractivity contribution in [2.45, 2.75) is 32.2 Å². The van der Waals surface area contributed by atoms with Crippen LogP contribution in [0.2, 0.25) is 0 Å². The molecule has 1 atom stereocenters. The summed E-state index contributed by atoms with van der Waals surface area (Å²) >= 11 is 0. The second-order valence-corrected chi connectivity index (χ2v) is 8.65. The number of likely N-dealkylation sites (tertiary alicyclic amines) is 1. The molecule has 182 valence electrons. The molecule has 7 heteroatoms. The van der Waals surface area contributed by atoms with Crippen LogP contribution in [0, 0.1) is 10.1 Å². The van der Waals surface area contributed by atoms with Crippen LogP contribution in [0.1, 0.15) is 43.4 Å². The number of nitro benzene ring substituents is 1. The number of rotatable bonds is 7. The van der Waals surface area contributed by atoms with Crippen LogP contribution < -0.4 is 5.32 Å². The monoisotopic (exact) mass is 583 g/mol. The highest BCUT2D eigenvalue weighted by Gasteiger charge is 2.18. The zero-order chi connectivity index (χ0) is 23.9. The highest BCUT2D eigenvalue weighted by molar-refractivity contribution is 14.0. The molecule has 1 aliphatic heterocycles. The lowest BCUT2D eigenvalue weighted by Crippen LogP contribution is -2.32. The Morgan fingerprint density at radius 1 is 0.971 bits per heavy atom. The average molecular weight is 583 g/mol. The van der Waals surface area contributed by atoms with E-state index >= 15 is 0 Å². The predicted octanol–water partition coefficient (Wildman–Crippen LogP) is 7.08. The van der Waals surface area contributed by atoms with E-state index in [1.807, 2.05) is 42.5 Å². The summed E-state index contributed by atoms with van der Waals surface area (Å²) in [5.74, 6) is -0.211. The van der Waals surface area contributed by atoms with Gasteiger partial charge in [0.1, 0.15) is 0 Å². The fraction of sp³-hybridized carbons (Fsp3) is 0.250. The Bertz CT molecular complexity index is 1190. The maximum Gasteiger partial charge on any atom is 0.270 e. The van der Waals surface area contributed by atoms with Crippen molar-refractivity contribution < 1.29 is 9.72 Å². The van der Waals surface area contributed by atoms with Gasteiger partial charge in [-0.2, -0.15) is 0 Å². The maximum absolute atomic E-state index is 12.4. The van der Waals surface area contributed by atoms with E-state index in [2.05, 4.69) is 29.3 Å². The second-order valence-electron chi connectivity index (χ2n) is 8.65. The molecule has 1 aliphatic rings. The highest BCUT2D eigenvalue weighted by Crippen LogP contribution is 2.26. The van der Waals surface area contributed by atoms with Crippen molar-refractivity contribution in [2.24, 2.45) is 0 Å². The van der Waals surface area contributed by atoms with Gasteiger partial charge in [0.05, 0.1) is 4.92 Å². The summed E-state index contributed by atoms with van der Waals surface area (Å²) in [5, 5.41) is 14.0. The van der Waals surface area contributed by atoms with Gasteiger partial charge in [0.15, 0.2) is 0 Å². The standard InChI is InChI=1S/C28H29N3O3.HI/c1-21(30-17-3-2-4-18-30)23-12-14-26(15-13-23)29-28(32)16-11-22-7-5-8-24(19-22)25-9-6-10-27(20-25)31(33)34;/h5-16,19-21H,2-4,17-18H2,1H3,(H,29,32);1H/b16-11+;. The number of carbonyl (C=O) groups excluding carboxylic acids is 1. The fourth-order valence-electron chi connectivity index (χ4n) is 4.34. The summed E-state index contributed by atoms with van der Waals surface area (Å²) in [4.78, 5) is 25.6. The largest absolute Gasteiger partial charge is 0.323 e. The molecule has 1 fully saturated rings. The zero-order valence-corrected chi connectivity index (χ0v) is 22.1. The molecule has 1 saturated heterocycles. The summed E-state index contributed by atoms with van der Waals surface area (Å²) < 4.78 is 0. The normalized spacial score (nSPS) is 14.8. The lowest BCUT2D eigenvalue weighted by molar-refractivity contribution is -0.384. The molecule has 0 saturated carbocycles. The van der Waals surface area contributed by atoms with Crippen molar-refractivity contribution >= 4 is 47.3 Å². The van der Waals surface area contributed by atoms with E-state index in [0.717, 1.165) is 35.5 Å². The number of amides is 1. The number of benzene rings is 3. The van der Waals surface area contributed by atoms with E-state index in [4.69, 9.17) is 0 Å². The lowest BCUT2D eigenvalue weighted by atomic mass is 10.0. The molecule has 0 radical (unpaired) electrons. The Hall–Kier alpha value is -3.04. The van der Waals surface area contributed by atoms with Gasteiger partial charge in [-0.3, -0.25) is 19.8 Å². The number of nitrogens with zero attached hydrogens (tertiary/aromatic N) is 2. The number of hydrogen-bond donors (Lipinski definition) is 1. The predicted molar refractivity (Wildman–Crippen MR) is 152 cm³/mol. The third-order valence-electron chi connectivity index (χ3n) is 6.30.